The van der Waals surface area contributed by atoms with E-state index >= 15 is 0 Å². The van der Waals surface area contributed by atoms with E-state index in [-0.39, 0.29) is 11.9 Å². The number of allylic oxidation sites excluding steroid dienone is 1. The standard InChI is InChI=1S/C19H24N2O4/c1-7-24-18(22)16-10(3)14(20-12(16)5)9-15-11(4)17(13(6)21-15)19(23)25-8-2/h9,20H,7-8H2,1-6H3. The van der Waals surface area contributed by atoms with Crippen molar-refractivity contribution < 1.29 is 19.1 Å². The van der Waals surface area contributed by atoms with Gasteiger partial charge in [-0.05, 0) is 58.8 Å². The van der Waals surface area contributed by atoms with E-state index in [2.05, 4.69) is 9.98 Å². The van der Waals surface area contributed by atoms with Gasteiger partial charge < -0.3 is 14.5 Å². The summed E-state index contributed by atoms with van der Waals surface area (Å²) < 4.78 is 10.2. The number of carbonyl (C=O) groups is 2. The normalized spacial score (nSPS) is 15.6. The van der Waals surface area contributed by atoms with Crippen LogP contribution in [0, 0.1) is 13.8 Å². The first-order valence-corrected chi connectivity index (χ1v) is 8.33. The molecule has 0 radical (unpaired) electrons. The Morgan fingerprint density at radius 3 is 2.24 bits per heavy atom. The number of nitrogens with zero attached hydrogens (tertiary/aromatic N) is 1. The third kappa shape index (κ3) is 3.57. The first-order chi connectivity index (χ1) is 11.8. The van der Waals surface area contributed by atoms with Gasteiger partial charge in [-0.2, -0.15) is 0 Å². The highest BCUT2D eigenvalue weighted by atomic mass is 16.5. The number of aliphatic imine (C=N–C) groups is 1. The molecule has 0 aliphatic carbocycles. The molecule has 25 heavy (non-hydrogen) atoms. The Morgan fingerprint density at radius 1 is 1.04 bits per heavy atom. The Labute approximate surface area is 147 Å². The topological polar surface area (TPSA) is 80.8 Å². The Balaban J connectivity index is 2.44. The molecular weight excluding hydrogens is 320 g/mol. The molecule has 0 atom stereocenters. The largest absolute Gasteiger partial charge is 0.462 e. The predicted molar refractivity (Wildman–Crippen MR) is 96.6 cm³/mol. The molecule has 0 amide bonds. The van der Waals surface area contributed by atoms with Crippen molar-refractivity contribution >= 4 is 23.7 Å². The Kier molecular flexibility index (Phi) is 5.62. The predicted octanol–water partition coefficient (Wildman–Crippen LogP) is 3.50. The van der Waals surface area contributed by atoms with E-state index in [9.17, 15) is 9.59 Å². The number of aromatic nitrogens is 1. The van der Waals surface area contributed by atoms with Gasteiger partial charge in [0.2, 0.25) is 0 Å². The summed E-state index contributed by atoms with van der Waals surface area (Å²) in [4.78, 5) is 31.9. The fourth-order valence-electron chi connectivity index (χ4n) is 2.93. The van der Waals surface area contributed by atoms with Crippen LogP contribution in [0.15, 0.2) is 21.8 Å². The van der Waals surface area contributed by atoms with E-state index in [1.807, 2.05) is 26.8 Å². The summed E-state index contributed by atoms with van der Waals surface area (Å²) in [7, 11) is 0. The molecule has 0 aromatic carbocycles. The monoisotopic (exact) mass is 344 g/mol. The highest BCUT2D eigenvalue weighted by molar-refractivity contribution is 6.22. The first kappa shape index (κ1) is 18.7. The zero-order valence-electron chi connectivity index (χ0n) is 15.6. The van der Waals surface area contributed by atoms with E-state index in [1.165, 1.54) is 0 Å². The molecule has 1 aromatic heterocycles. The number of rotatable bonds is 5. The van der Waals surface area contributed by atoms with Crippen LogP contribution in [0.3, 0.4) is 0 Å². The summed E-state index contributed by atoms with van der Waals surface area (Å²) in [5.74, 6) is -0.708. The van der Waals surface area contributed by atoms with Crippen LogP contribution < -0.4 is 0 Å². The van der Waals surface area contributed by atoms with Crippen molar-refractivity contribution in [3.63, 3.8) is 0 Å². The van der Waals surface area contributed by atoms with Crippen LogP contribution in [0.25, 0.3) is 6.08 Å². The van der Waals surface area contributed by atoms with Crippen LogP contribution in [0.5, 0.6) is 0 Å². The lowest BCUT2D eigenvalue weighted by Crippen LogP contribution is -2.12. The Bertz CT molecular complexity index is 810. The van der Waals surface area contributed by atoms with E-state index in [4.69, 9.17) is 9.47 Å². The zero-order chi connectivity index (χ0) is 18.7. The lowest BCUT2D eigenvalue weighted by molar-refractivity contribution is -0.137. The van der Waals surface area contributed by atoms with Gasteiger partial charge in [-0.25, -0.2) is 9.59 Å². The average Bonchev–Trinajstić information content (AvgIpc) is 2.96. The average molecular weight is 344 g/mol. The Morgan fingerprint density at radius 2 is 1.64 bits per heavy atom. The number of hydrogen-bond acceptors (Lipinski definition) is 5. The number of hydrogen-bond donors (Lipinski definition) is 1. The zero-order valence-corrected chi connectivity index (χ0v) is 15.6. The quantitative estimate of drug-likeness (QED) is 0.829. The molecular formula is C19H24N2O4. The third-order valence-corrected chi connectivity index (χ3v) is 4.13. The number of H-pyrrole nitrogens is 1. The van der Waals surface area contributed by atoms with Crippen LogP contribution in [0.1, 0.15) is 55.0 Å². The second-order valence-corrected chi connectivity index (χ2v) is 5.83. The lowest BCUT2D eigenvalue weighted by atomic mass is 10.1. The molecule has 1 aliphatic rings. The molecule has 2 heterocycles. The molecule has 1 aliphatic heterocycles. The first-order valence-electron chi connectivity index (χ1n) is 8.33. The fraction of sp³-hybridized carbons (Fsp3) is 0.421. The minimum atomic E-state index is -0.365. The van der Waals surface area contributed by atoms with Crippen molar-refractivity contribution in [2.75, 3.05) is 13.2 Å². The highest BCUT2D eigenvalue weighted by Crippen LogP contribution is 2.29. The van der Waals surface area contributed by atoms with Crippen molar-refractivity contribution in [2.45, 2.75) is 41.5 Å². The van der Waals surface area contributed by atoms with Gasteiger partial charge >= 0.3 is 11.9 Å². The molecule has 134 valence electrons. The smallest absolute Gasteiger partial charge is 0.340 e. The Hall–Kier alpha value is -2.63. The molecule has 0 fully saturated rings. The minimum absolute atomic E-state index is 0.319. The number of carbonyl (C=O) groups excluding carboxylic acids is 2. The molecule has 0 bridgehead atoms. The summed E-state index contributed by atoms with van der Waals surface area (Å²) in [5, 5.41) is 0. The van der Waals surface area contributed by atoms with E-state index in [0.29, 0.717) is 35.8 Å². The van der Waals surface area contributed by atoms with Gasteiger partial charge in [0, 0.05) is 11.4 Å². The van der Waals surface area contributed by atoms with Gasteiger partial charge in [0.1, 0.15) is 0 Å². The van der Waals surface area contributed by atoms with E-state index in [0.717, 1.165) is 22.5 Å². The summed E-state index contributed by atoms with van der Waals surface area (Å²) in [5.41, 5.74) is 5.44. The molecule has 0 unspecified atom stereocenters. The van der Waals surface area contributed by atoms with Crippen LogP contribution in [-0.2, 0) is 14.3 Å². The van der Waals surface area contributed by atoms with Crippen molar-refractivity contribution in [1.82, 2.24) is 4.98 Å². The molecule has 6 heteroatoms. The van der Waals surface area contributed by atoms with E-state index in [1.54, 1.807) is 20.8 Å². The summed E-state index contributed by atoms with van der Waals surface area (Å²) >= 11 is 0. The summed E-state index contributed by atoms with van der Waals surface area (Å²) in [6.07, 6.45) is 1.84. The highest BCUT2D eigenvalue weighted by Gasteiger charge is 2.26. The second kappa shape index (κ2) is 7.51. The maximum atomic E-state index is 12.1. The maximum Gasteiger partial charge on any atom is 0.340 e. The van der Waals surface area contributed by atoms with Gasteiger partial charge in [-0.3, -0.25) is 4.99 Å². The molecule has 0 saturated heterocycles. The minimum Gasteiger partial charge on any atom is -0.462 e. The summed E-state index contributed by atoms with van der Waals surface area (Å²) in [6, 6.07) is 0. The van der Waals surface area contributed by atoms with Crippen LogP contribution in [0.2, 0.25) is 0 Å². The SMILES string of the molecule is CCOC(=O)C1=C(C)C(=Cc2[nH]c(C)c(C(=O)OCC)c2C)N=C1C. The number of aryl methyl sites for hydroxylation is 1. The second-order valence-electron chi connectivity index (χ2n) is 5.83. The summed E-state index contributed by atoms with van der Waals surface area (Å²) in [6.45, 7) is 11.5. The fourth-order valence-corrected chi connectivity index (χ4v) is 2.93. The number of nitrogens with one attached hydrogen (secondary N) is 1. The molecule has 2 rings (SSSR count). The van der Waals surface area contributed by atoms with Gasteiger partial charge in [-0.15, -0.1) is 0 Å². The van der Waals surface area contributed by atoms with Gasteiger partial charge in [-0.1, -0.05) is 0 Å². The van der Waals surface area contributed by atoms with Crippen LogP contribution >= 0.6 is 0 Å². The lowest BCUT2D eigenvalue weighted by Gasteiger charge is -2.04. The molecule has 6 nitrogen and oxygen atoms in total. The number of esters is 2. The van der Waals surface area contributed by atoms with Crippen molar-refractivity contribution in [1.29, 1.82) is 0 Å². The molecule has 0 saturated carbocycles. The third-order valence-electron chi connectivity index (χ3n) is 4.13. The number of aromatic amines is 1. The van der Waals surface area contributed by atoms with Gasteiger partial charge in [0.05, 0.1) is 35.8 Å². The van der Waals surface area contributed by atoms with Crippen molar-refractivity contribution in [3.05, 3.63) is 39.4 Å². The van der Waals surface area contributed by atoms with E-state index < -0.39 is 0 Å². The van der Waals surface area contributed by atoms with Crippen molar-refractivity contribution in [2.24, 2.45) is 4.99 Å². The van der Waals surface area contributed by atoms with Crippen LogP contribution in [0.4, 0.5) is 0 Å². The molecule has 0 spiro atoms. The van der Waals surface area contributed by atoms with Gasteiger partial charge in [0.15, 0.2) is 0 Å². The van der Waals surface area contributed by atoms with Crippen LogP contribution in [-0.4, -0.2) is 35.8 Å². The van der Waals surface area contributed by atoms with Crippen molar-refractivity contribution in [3.8, 4) is 0 Å². The molecule has 1 N–H and O–H groups in total. The molecule has 1 aromatic rings. The number of ether oxygens (including phenoxy) is 2. The maximum absolute atomic E-state index is 12.1. The van der Waals surface area contributed by atoms with Gasteiger partial charge in [0.25, 0.3) is 0 Å².